The van der Waals surface area contributed by atoms with E-state index in [2.05, 4.69) is 20.9 Å². The molecular formula is C26H31N5O5. The lowest BCUT2D eigenvalue weighted by Crippen LogP contribution is -2.27. The van der Waals surface area contributed by atoms with Crippen LogP contribution in [0.1, 0.15) is 29.8 Å². The molecule has 36 heavy (non-hydrogen) atoms. The minimum Gasteiger partial charge on any atom is -0.491 e. The highest BCUT2D eigenvalue weighted by atomic mass is 16.5. The average Bonchev–Trinajstić information content (AvgIpc) is 3.49. The second-order valence-electron chi connectivity index (χ2n) is 8.70. The summed E-state index contributed by atoms with van der Waals surface area (Å²) in [5.74, 6) is 0.952. The third kappa shape index (κ3) is 5.95. The fraction of sp³-hybridized carbons (Fsp3) is 0.346. The molecule has 1 saturated heterocycles. The molecule has 1 fully saturated rings. The van der Waals surface area contributed by atoms with Crippen molar-refractivity contribution in [1.82, 2.24) is 15.6 Å². The molecule has 1 aliphatic heterocycles. The van der Waals surface area contributed by atoms with Crippen LogP contribution in [0, 0.1) is 6.92 Å². The molecule has 1 aliphatic rings. The van der Waals surface area contributed by atoms with Gasteiger partial charge in [-0.1, -0.05) is 6.07 Å². The minimum absolute atomic E-state index is 0.0330. The van der Waals surface area contributed by atoms with E-state index in [1.165, 1.54) is 0 Å². The number of hydrogen-bond donors (Lipinski definition) is 3. The summed E-state index contributed by atoms with van der Waals surface area (Å²) in [5, 5.41) is 8.79. The van der Waals surface area contributed by atoms with E-state index in [9.17, 15) is 9.59 Å². The van der Waals surface area contributed by atoms with E-state index in [1.807, 2.05) is 45.0 Å². The van der Waals surface area contributed by atoms with Crippen LogP contribution in [0.15, 0.2) is 47.0 Å². The molecule has 3 aromatic rings. The van der Waals surface area contributed by atoms with Crippen LogP contribution in [0.25, 0.3) is 11.3 Å². The molecule has 10 heteroatoms. The van der Waals surface area contributed by atoms with Crippen molar-refractivity contribution in [1.29, 1.82) is 0 Å². The molecule has 2 heterocycles. The molecule has 1 aromatic heterocycles. The molecule has 0 spiro atoms. The summed E-state index contributed by atoms with van der Waals surface area (Å²) in [6, 6.07) is 11.1. The van der Waals surface area contributed by atoms with Crippen molar-refractivity contribution < 1.29 is 23.5 Å². The molecule has 3 amide bonds. The molecule has 0 radical (unpaired) electrons. The number of nitrogens with zero attached hydrogens (tertiary/aromatic N) is 2. The Morgan fingerprint density at radius 1 is 1.25 bits per heavy atom. The molecule has 190 valence electrons. The Morgan fingerprint density at radius 3 is 2.81 bits per heavy atom. The van der Waals surface area contributed by atoms with Crippen LogP contribution in [0.2, 0.25) is 0 Å². The molecule has 0 aliphatic carbocycles. The van der Waals surface area contributed by atoms with E-state index in [0.717, 1.165) is 11.1 Å². The number of methoxy groups -OCH3 is 1. The number of amides is 3. The number of aromatic nitrogens is 1. The van der Waals surface area contributed by atoms with E-state index in [1.54, 1.807) is 30.3 Å². The van der Waals surface area contributed by atoms with Gasteiger partial charge >= 0.3 is 6.03 Å². The third-order valence-electron chi connectivity index (χ3n) is 5.55. The number of anilines is 3. The van der Waals surface area contributed by atoms with Gasteiger partial charge in [0.1, 0.15) is 5.75 Å². The number of ether oxygens (including phenoxy) is 2. The number of aryl methyl sites for hydroxylation is 1. The number of carbonyl (C=O) groups is 2. The Bertz CT molecular complexity index is 1240. The van der Waals surface area contributed by atoms with Gasteiger partial charge in [-0.3, -0.25) is 9.69 Å². The van der Waals surface area contributed by atoms with E-state index in [4.69, 9.17) is 13.9 Å². The van der Waals surface area contributed by atoms with Crippen LogP contribution in [-0.4, -0.2) is 56.4 Å². The first-order chi connectivity index (χ1) is 17.3. The van der Waals surface area contributed by atoms with Crippen LogP contribution in [0.4, 0.5) is 22.2 Å². The SMILES string of the molecule is COCCNC(=O)c1ccc(C)c(Nc2ncc(-c3cc(OC(C)C)cc(N4CCNC4=O)c3)o2)c1. The van der Waals surface area contributed by atoms with Gasteiger partial charge in [-0.2, -0.15) is 0 Å². The zero-order chi connectivity index (χ0) is 25.7. The molecule has 0 atom stereocenters. The summed E-state index contributed by atoms with van der Waals surface area (Å²) in [6.45, 7) is 7.84. The maximum absolute atomic E-state index is 12.4. The maximum atomic E-state index is 12.4. The number of nitrogens with one attached hydrogen (secondary N) is 3. The first-order valence-corrected chi connectivity index (χ1v) is 11.8. The quantitative estimate of drug-likeness (QED) is 0.364. The van der Waals surface area contributed by atoms with Crippen molar-refractivity contribution in [2.24, 2.45) is 0 Å². The molecule has 3 N–H and O–H groups in total. The number of rotatable bonds is 10. The van der Waals surface area contributed by atoms with E-state index in [0.29, 0.717) is 54.7 Å². The fourth-order valence-electron chi connectivity index (χ4n) is 3.79. The number of benzene rings is 2. The minimum atomic E-state index is -0.191. The van der Waals surface area contributed by atoms with Crippen LogP contribution in [-0.2, 0) is 4.74 Å². The molecule has 2 aromatic carbocycles. The highest BCUT2D eigenvalue weighted by molar-refractivity contribution is 5.96. The summed E-state index contributed by atoms with van der Waals surface area (Å²) in [6.07, 6.45) is 1.58. The number of carbonyl (C=O) groups excluding carboxylic acids is 2. The second kappa shape index (κ2) is 11.1. The molecule has 0 saturated carbocycles. The lowest BCUT2D eigenvalue weighted by molar-refractivity contribution is 0.0937. The van der Waals surface area contributed by atoms with E-state index in [-0.39, 0.29) is 24.1 Å². The largest absolute Gasteiger partial charge is 0.491 e. The standard InChI is InChI=1S/C26H31N5O5/c1-16(2)35-21-12-19(11-20(14-21)31-9-7-28-26(31)33)23-15-29-25(36-23)30-22-13-18(6-5-17(22)3)24(32)27-8-10-34-4/h5-6,11-16H,7-10H2,1-4H3,(H,27,32)(H,28,33)(H,29,30). The molecule has 4 rings (SSSR count). The summed E-state index contributed by atoms with van der Waals surface area (Å²) in [7, 11) is 1.59. The Labute approximate surface area is 210 Å². The van der Waals surface area contributed by atoms with E-state index < -0.39 is 0 Å². The normalized spacial score (nSPS) is 13.1. The van der Waals surface area contributed by atoms with Gasteiger partial charge in [0.25, 0.3) is 11.9 Å². The monoisotopic (exact) mass is 493 g/mol. The Hall–Kier alpha value is -4.05. The van der Waals surface area contributed by atoms with Crippen molar-refractivity contribution >= 4 is 29.3 Å². The zero-order valence-electron chi connectivity index (χ0n) is 20.9. The van der Waals surface area contributed by atoms with Gasteiger partial charge in [-0.25, -0.2) is 9.78 Å². The summed E-state index contributed by atoms with van der Waals surface area (Å²) >= 11 is 0. The number of urea groups is 1. The van der Waals surface area contributed by atoms with Crippen LogP contribution >= 0.6 is 0 Å². The molecule has 10 nitrogen and oxygen atoms in total. The Morgan fingerprint density at radius 2 is 2.08 bits per heavy atom. The highest BCUT2D eigenvalue weighted by Gasteiger charge is 2.23. The third-order valence-corrected chi connectivity index (χ3v) is 5.55. The predicted molar refractivity (Wildman–Crippen MR) is 137 cm³/mol. The van der Waals surface area contributed by atoms with Gasteiger partial charge in [-0.15, -0.1) is 0 Å². The fourth-order valence-corrected chi connectivity index (χ4v) is 3.79. The van der Waals surface area contributed by atoms with Crippen LogP contribution in [0.5, 0.6) is 5.75 Å². The lowest BCUT2D eigenvalue weighted by atomic mass is 10.1. The van der Waals surface area contributed by atoms with Gasteiger partial charge in [0.15, 0.2) is 5.76 Å². The lowest BCUT2D eigenvalue weighted by Gasteiger charge is -2.18. The van der Waals surface area contributed by atoms with Crippen molar-refractivity contribution in [3.05, 3.63) is 53.7 Å². The van der Waals surface area contributed by atoms with Gasteiger partial charge in [-0.05, 0) is 50.6 Å². The number of hydrogen-bond acceptors (Lipinski definition) is 7. The first kappa shape index (κ1) is 25.1. The van der Waals surface area contributed by atoms with Crippen molar-refractivity contribution in [2.75, 3.05) is 43.6 Å². The van der Waals surface area contributed by atoms with Crippen LogP contribution < -0.4 is 25.6 Å². The topological polar surface area (TPSA) is 118 Å². The smallest absolute Gasteiger partial charge is 0.321 e. The molecular weight excluding hydrogens is 462 g/mol. The molecule has 0 bridgehead atoms. The van der Waals surface area contributed by atoms with Crippen molar-refractivity contribution in [3.8, 4) is 17.1 Å². The maximum Gasteiger partial charge on any atom is 0.321 e. The summed E-state index contributed by atoms with van der Waals surface area (Å²) in [5.41, 5.74) is 3.59. The summed E-state index contributed by atoms with van der Waals surface area (Å²) < 4.78 is 16.9. The predicted octanol–water partition coefficient (Wildman–Crippen LogP) is 4.09. The highest BCUT2D eigenvalue weighted by Crippen LogP contribution is 2.33. The van der Waals surface area contributed by atoms with Gasteiger partial charge in [0.2, 0.25) is 0 Å². The summed E-state index contributed by atoms with van der Waals surface area (Å²) in [4.78, 5) is 30.7. The Balaban J connectivity index is 1.57. The second-order valence-corrected chi connectivity index (χ2v) is 8.70. The van der Waals surface area contributed by atoms with Gasteiger partial charge in [0.05, 0.1) is 18.9 Å². The van der Waals surface area contributed by atoms with Crippen LogP contribution in [0.3, 0.4) is 0 Å². The van der Waals surface area contributed by atoms with Gasteiger partial charge in [0, 0.05) is 55.3 Å². The number of oxazole rings is 1. The zero-order valence-corrected chi connectivity index (χ0v) is 20.9. The van der Waals surface area contributed by atoms with E-state index >= 15 is 0 Å². The molecule has 0 unspecified atom stereocenters. The van der Waals surface area contributed by atoms with Gasteiger partial charge < -0.3 is 29.8 Å². The first-order valence-electron chi connectivity index (χ1n) is 11.8. The average molecular weight is 494 g/mol. The van der Waals surface area contributed by atoms with Crippen molar-refractivity contribution in [3.63, 3.8) is 0 Å². The van der Waals surface area contributed by atoms with Crippen molar-refractivity contribution in [2.45, 2.75) is 26.9 Å². The Kier molecular flexibility index (Phi) is 7.74.